The summed E-state index contributed by atoms with van der Waals surface area (Å²) in [6.45, 7) is 1.77. The maximum atomic E-state index is 12.5. The predicted molar refractivity (Wildman–Crippen MR) is 95.7 cm³/mol. The number of hydrazone groups is 1. The van der Waals surface area contributed by atoms with Crippen LogP contribution in [-0.4, -0.2) is 38.8 Å². The van der Waals surface area contributed by atoms with E-state index in [2.05, 4.69) is 10.5 Å². The van der Waals surface area contributed by atoms with Gasteiger partial charge < -0.3 is 18.2 Å². The Hall–Kier alpha value is -2.48. The normalized spacial score (nSPS) is 12.2. The highest BCUT2D eigenvalue weighted by molar-refractivity contribution is 7.54. The first kappa shape index (κ1) is 19.8. The number of fused-ring (bicyclic) bond motifs is 1. The van der Waals surface area contributed by atoms with Crippen molar-refractivity contribution in [3.05, 3.63) is 46.3 Å². The Morgan fingerprint density at radius 2 is 1.96 bits per heavy atom. The van der Waals surface area contributed by atoms with Gasteiger partial charge >= 0.3 is 19.3 Å². The minimum atomic E-state index is -3.56. The number of nitrogens with one attached hydrogen (secondary N) is 1. The lowest BCUT2D eigenvalue weighted by atomic mass is 10.1. The van der Waals surface area contributed by atoms with Crippen molar-refractivity contribution in [2.24, 2.45) is 5.10 Å². The molecule has 140 valence electrons. The maximum Gasteiger partial charge on any atom is 0.427 e. The van der Waals surface area contributed by atoms with Crippen molar-refractivity contribution in [2.75, 3.05) is 27.0 Å². The third kappa shape index (κ3) is 4.78. The molecule has 0 saturated carbocycles. The van der Waals surface area contributed by atoms with Crippen LogP contribution in [0.15, 0.2) is 44.6 Å². The Balaban J connectivity index is 2.50. The van der Waals surface area contributed by atoms with Gasteiger partial charge in [0.05, 0.1) is 24.0 Å². The van der Waals surface area contributed by atoms with Crippen LogP contribution in [0.4, 0.5) is 4.79 Å². The first-order chi connectivity index (χ1) is 12.4. The van der Waals surface area contributed by atoms with E-state index in [0.29, 0.717) is 11.0 Å². The number of carbonyl (C=O) groups excluding carboxylic acids is 1. The Bertz CT molecular complexity index is 914. The molecular formula is C16H19N2O7P. The van der Waals surface area contributed by atoms with Gasteiger partial charge in [-0.25, -0.2) is 15.0 Å². The zero-order chi connectivity index (χ0) is 19.2. The number of carbonyl (C=O) groups is 1. The molecule has 10 heteroatoms. The molecule has 0 unspecified atom stereocenters. The summed E-state index contributed by atoms with van der Waals surface area (Å²) in [6.07, 6.45) is -1.17. The molecule has 0 atom stereocenters. The number of rotatable bonds is 7. The Morgan fingerprint density at radius 1 is 1.27 bits per heavy atom. The molecule has 1 amide bonds. The van der Waals surface area contributed by atoms with Crippen molar-refractivity contribution in [2.45, 2.75) is 6.92 Å². The van der Waals surface area contributed by atoms with Gasteiger partial charge in [0, 0.05) is 19.6 Å². The SMILES string of the molecule is CCOC(=O)N/N=C(\CP(=O)(OC)OC)c1cc2ccccc2oc1=O. The molecule has 1 N–H and O–H groups in total. The highest BCUT2D eigenvalue weighted by atomic mass is 31.2. The lowest BCUT2D eigenvalue weighted by molar-refractivity contribution is 0.152. The van der Waals surface area contributed by atoms with Crippen molar-refractivity contribution in [3.8, 4) is 0 Å². The fourth-order valence-electron chi connectivity index (χ4n) is 2.11. The molecule has 9 nitrogen and oxygen atoms in total. The van der Waals surface area contributed by atoms with Gasteiger partial charge in [0.25, 0.3) is 0 Å². The first-order valence-electron chi connectivity index (χ1n) is 7.65. The molecule has 0 saturated heterocycles. The predicted octanol–water partition coefficient (Wildman–Crippen LogP) is 2.73. The zero-order valence-corrected chi connectivity index (χ0v) is 15.4. The second-order valence-electron chi connectivity index (χ2n) is 5.01. The van der Waals surface area contributed by atoms with E-state index in [1.807, 2.05) is 0 Å². The van der Waals surface area contributed by atoms with E-state index in [-0.39, 0.29) is 24.0 Å². The lowest BCUT2D eigenvalue weighted by Crippen LogP contribution is -2.25. The van der Waals surface area contributed by atoms with Crippen LogP contribution in [-0.2, 0) is 18.3 Å². The van der Waals surface area contributed by atoms with Gasteiger partial charge in [0.15, 0.2) is 0 Å². The average molecular weight is 382 g/mol. The highest BCUT2D eigenvalue weighted by Crippen LogP contribution is 2.46. The molecule has 0 aliphatic rings. The van der Waals surface area contributed by atoms with E-state index in [4.69, 9.17) is 18.2 Å². The first-order valence-corrected chi connectivity index (χ1v) is 9.38. The average Bonchev–Trinajstić information content (AvgIpc) is 2.64. The van der Waals surface area contributed by atoms with Crippen LogP contribution in [0.2, 0.25) is 0 Å². The van der Waals surface area contributed by atoms with Crippen LogP contribution < -0.4 is 11.1 Å². The molecule has 1 heterocycles. The molecule has 0 radical (unpaired) electrons. The van der Waals surface area contributed by atoms with Gasteiger partial charge in [-0.1, -0.05) is 18.2 Å². The standard InChI is InChI=1S/C16H19N2O7P/c1-4-24-16(20)18-17-13(10-26(21,22-2)23-3)12-9-11-7-5-6-8-14(11)25-15(12)19/h5-9H,4,10H2,1-3H3,(H,18,20)/b17-13+. The van der Waals surface area contributed by atoms with E-state index in [9.17, 15) is 14.2 Å². The Morgan fingerprint density at radius 3 is 2.62 bits per heavy atom. The molecule has 2 aromatic rings. The molecule has 0 aliphatic carbocycles. The number of nitrogens with zero attached hydrogens (tertiary/aromatic N) is 1. The summed E-state index contributed by atoms with van der Waals surface area (Å²) in [6, 6.07) is 8.41. The third-order valence-corrected chi connectivity index (χ3v) is 5.21. The van der Waals surface area contributed by atoms with Gasteiger partial charge in [-0.15, -0.1) is 0 Å². The number of ether oxygens (including phenoxy) is 1. The molecule has 1 aromatic carbocycles. The fraction of sp³-hybridized carbons (Fsp3) is 0.312. The van der Waals surface area contributed by atoms with Crippen molar-refractivity contribution < 1.29 is 27.6 Å². The summed E-state index contributed by atoms with van der Waals surface area (Å²) in [5, 5.41) is 4.50. The van der Waals surface area contributed by atoms with Crippen molar-refractivity contribution in [1.82, 2.24) is 5.43 Å². The van der Waals surface area contributed by atoms with Crippen LogP contribution in [0.3, 0.4) is 0 Å². The quantitative estimate of drug-likeness (QED) is 0.339. The smallest absolute Gasteiger partial charge is 0.427 e. The minimum Gasteiger partial charge on any atom is -0.449 e. The highest BCUT2D eigenvalue weighted by Gasteiger charge is 2.27. The van der Waals surface area contributed by atoms with Gasteiger partial charge in [-0.3, -0.25) is 4.57 Å². The maximum absolute atomic E-state index is 12.5. The van der Waals surface area contributed by atoms with Gasteiger partial charge in [0.1, 0.15) is 5.58 Å². The Kier molecular flexibility index (Phi) is 6.68. The lowest BCUT2D eigenvalue weighted by Gasteiger charge is -2.15. The van der Waals surface area contributed by atoms with E-state index in [1.54, 1.807) is 31.2 Å². The van der Waals surface area contributed by atoms with E-state index >= 15 is 0 Å². The number of benzene rings is 1. The van der Waals surface area contributed by atoms with Crippen LogP contribution >= 0.6 is 7.60 Å². The molecular weight excluding hydrogens is 363 g/mol. The molecule has 0 spiro atoms. The monoisotopic (exact) mass is 382 g/mol. The van der Waals surface area contributed by atoms with Gasteiger partial charge in [-0.05, 0) is 19.1 Å². The zero-order valence-electron chi connectivity index (χ0n) is 14.6. The van der Waals surface area contributed by atoms with E-state index in [0.717, 1.165) is 0 Å². The van der Waals surface area contributed by atoms with E-state index < -0.39 is 19.3 Å². The number of amides is 1. The van der Waals surface area contributed by atoms with Crippen LogP contribution in [0.1, 0.15) is 12.5 Å². The second kappa shape index (κ2) is 8.75. The molecule has 2 rings (SSSR count). The van der Waals surface area contributed by atoms with Crippen molar-refractivity contribution in [1.29, 1.82) is 0 Å². The third-order valence-electron chi connectivity index (χ3n) is 3.41. The summed E-state index contributed by atoms with van der Waals surface area (Å²) in [5.74, 6) is 0. The van der Waals surface area contributed by atoms with Gasteiger partial charge in [0.2, 0.25) is 0 Å². The molecule has 0 bridgehead atoms. The summed E-state index contributed by atoms with van der Waals surface area (Å²) in [7, 11) is -1.14. The molecule has 0 aliphatic heterocycles. The topological polar surface area (TPSA) is 116 Å². The fourth-order valence-corrected chi connectivity index (χ4v) is 3.12. The minimum absolute atomic E-state index is 0.0230. The van der Waals surface area contributed by atoms with Crippen molar-refractivity contribution in [3.63, 3.8) is 0 Å². The van der Waals surface area contributed by atoms with Crippen LogP contribution in [0.25, 0.3) is 11.0 Å². The molecule has 1 aromatic heterocycles. The van der Waals surface area contributed by atoms with E-state index in [1.165, 1.54) is 20.3 Å². The largest absolute Gasteiger partial charge is 0.449 e. The van der Waals surface area contributed by atoms with Gasteiger partial charge in [-0.2, -0.15) is 5.10 Å². The number of hydrogen-bond acceptors (Lipinski definition) is 8. The molecule has 26 heavy (non-hydrogen) atoms. The Labute approximate surface area is 149 Å². The summed E-state index contributed by atoms with van der Waals surface area (Å²) in [4.78, 5) is 23.9. The number of hydrogen-bond donors (Lipinski definition) is 1. The second-order valence-corrected chi connectivity index (χ2v) is 7.28. The summed E-state index contributed by atoms with van der Waals surface area (Å²) in [5.41, 5.74) is 1.83. The molecule has 0 fully saturated rings. The summed E-state index contributed by atoms with van der Waals surface area (Å²) < 4.78 is 32.3. The summed E-state index contributed by atoms with van der Waals surface area (Å²) >= 11 is 0. The number of para-hydroxylation sites is 1. The van der Waals surface area contributed by atoms with Crippen LogP contribution in [0.5, 0.6) is 0 Å². The van der Waals surface area contributed by atoms with Crippen molar-refractivity contribution >= 4 is 30.4 Å². The van der Waals surface area contributed by atoms with Crippen LogP contribution in [0, 0.1) is 0 Å².